The highest BCUT2D eigenvalue weighted by molar-refractivity contribution is 6.39. The second-order valence-electron chi connectivity index (χ2n) is 5.70. The number of carbonyl (C=O) groups excluding carboxylic acids is 3. The molecule has 25 heavy (non-hydrogen) atoms. The van der Waals surface area contributed by atoms with Crippen LogP contribution in [0.25, 0.3) is 0 Å². The van der Waals surface area contributed by atoms with Gasteiger partial charge in [-0.1, -0.05) is 12.1 Å². The number of nitrogens with zero attached hydrogens (tertiary/aromatic N) is 1. The van der Waals surface area contributed by atoms with Crippen molar-refractivity contribution < 1.29 is 23.9 Å². The highest BCUT2D eigenvalue weighted by Crippen LogP contribution is 2.24. The van der Waals surface area contributed by atoms with Crippen molar-refractivity contribution in [2.45, 2.75) is 26.7 Å². The maximum atomic E-state index is 12.3. The number of nitrogens with one attached hydrogen (secondary N) is 1. The van der Waals surface area contributed by atoms with E-state index in [0.717, 1.165) is 0 Å². The molecule has 1 saturated heterocycles. The van der Waals surface area contributed by atoms with Gasteiger partial charge in [0.05, 0.1) is 24.8 Å². The van der Waals surface area contributed by atoms with E-state index in [0.29, 0.717) is 50.6 Å². The standard InChI is InChI=1S/C18H24N2O5/c1-3-24-15-8-6-5-7-14(15)19-16(21)17(22)20-11-9-13(10-12-20)18(23)25-4-2/h5-8,13H,3-4,9-12H2,1-2H3,(H,19,21). The maximum Gasteiger partial charge on any atom is 0.314 e. The van der Waals surface area contributed by atoms with Gasteiger partial charge in [-0.15, -0.1) is 0 Å². The number of para-hydroxylation sites is 2. The minimum absolute atomic E-state index is 0.203. The summed E-state index contributed by atoms with van der Waals surface area (Å²) in [5.74, 6) is -1.22. The van der Waals surface area contributed by atoms with Crippen molar-refractivity contribution in [3.8, 4) is 5.75 Å². The Hall–Kier alpha value is -2.57. The first-order valence-electron chi connectivity index (χ1n) is 8.55. The number of hydrogen-bond donors (Lipinski definition) is 1. The van der Waals surface area contributed by atoms with Gasteiger partial charge in [0, 0.05) is 13.1 Å². The van der Waals surface area contributed by atoms with Gasteiger partial charge in [-0.05, 0) is 38.8 Å². The number of ether oxygens (including phenoxy) is 2. The molecule has 1 fully saturated rings. The lowest BCUT2D eigenvalue weighted by Crippen LogP contribution is -2.45. The molecule has 136 valence electrons. The average molecular weight is 348 g/mol. The van der Waals surface area contributed by atoms with E-state index in [9.17, 15) is 14.4 Å². The molecule has 0 bridgehead atoms. The molecule has 1 aliphatic rings. The quantitative estimate of drug-likeness (QED) is 0.648. The van der Waals surface area contributed by atoms with Gasteiger partial charge in [-0.2, -0.15) is 0 Å². The van der Waals surface area contributed by atoms with Crippen LogP contribution in [0.3, 0.4) is 0 Å². The van der Waals surface area contributed by atoms with Crippen LogP contribution in [0.2, 0.25) is 0 Å². The minimum Gasteiger partial charge on any atom is -0.492 e. The second kappa shape index (κ2) is 9.05. The molecular formula is C18H24N2O5. The summed E-state index contributed by atoms with van der Waals surface area (Å²) in [4.78, 5) is 37.8. The first-order valence-corrected chi connectivity index (χ1v) is 8.55. The zero-order chi connectivity index (χ0) is 18.2. The van der Waals surface area contributed by atoms with E-state index in [2.05, 4.69) is 5.32 Å². The maximum absolute atomic E-state index is 12.3. The Labute approximate surface area is 147 Å². The molecule has 1 aromatic carbocycles. The number of benzene rings is 1. The Morgan fingerprint density at radius 2 is 1.80 bits per heavy atom. The summed E-state index contributed by atoms with van der Waals surface area (Å²) in [6.07, 6.45) is 1.01. The highest BCUT2D eigenvalue weighted by atomic mass is 16.5. The van der Waals surface area contributed by atoms with Crippen molar-refractivity contribution in [2.75, 3.05) is 31.6 Å². The number of likely N-dealkylation sites (tertiary alicyclic amines) is 1. The number of esters is 1. The number of carbonyl (C=O) groups is 3. The van der Waals surface area contributed by atoms with Crippen LogP contribution in [0.4, 0.5) is 5.69 Å². The largest absolute Gasteiger partial charge is 0.492 e. The summed E-state index contributed by atoms with van der Waals surface area (Å²) in [5.41, 5.74) is 0.462. The van der Waals surface area contributed by atoms with Gasteiger partial charge in [0.1, 0.15) is 5.75 Å². The van der Waals surface area contributed by atoms with Crippen molar-refractivity contribution in [1.82, 2.24) is 4.90 Å². The van der Waals surface area contributed by atoms with Crippen LogP contribution < -0.4 is 10.1 Å². The zero-order valence-electron chi connectivity index (χ0n) is 14.6. The van der Waals surface area contributed by atoms with Crippen LogP contribution in [-0.2, 0) is 19.1 Å². The normalized spacial score (nSPS) is 14.7. The summed E-state index contributed by atoms with van der Waals surface area (Å²) >= 11 is 0. The van der Waals surface area contributed by atoms with E-state index in [-0.39, 0.29) is 11.9 Å². The number of hydrogen-bond acceptors (Lipinski definition) is 5. The number of piperidine rings is 1. The van der Waals surface area contributed by atoms with Crippen LogP contribution in [0.5, 0.6) is 5.75 Å². The monoisotopic (exact) mass is 348 g/mol. The summed E-state index contributed by atoms with van der Waals surface area (Å²) in [6.45, 7) is 5.14. The Morgan fingerprint density at radius 1 is 1.12 bits per heavy atom. The van der Waals surface area contributed by atoms with E-state index < -0.39 is 11.8 Å². The van der Waals surface area contributed by atoms with Gasteiger partial charge in [0.2, 0.25) is 0 Å². The minimum atomic E-state index is -0.707. The molecule has 2 rings (SSSR count). The van der Waals surface area contributed by atoms with Crippen LogP contribution in [0.15, 0.2) is 24.3 Å². The van der Waals surface area contributed by atoms with Crippen molar-refractivity contribution in [3.05, 3.63) is 24.3 Å². The summed E-state index contributed by atoms with van der Waals surface area (Å²) in [6, 6.07) is 6.97. The van der Waals surface area contributed by atoms with Crippen molar-refractivity contribution in [3.63, 3.8) is 0 Å². The van der Waals surface area contributed by atoms with Crippen molar-refractivity contribution in [1.29, 1.82) is 0 Å². The molecule has 1 heterocycles. The van der Waals surface area contributed by atoms with Crippen LogP contribution in [-0.4, -0.2) is 49.0 Å². The van der Waals surface area contributed by atoms with Crippen LogP contribution in [0.1, 0.15) is 26.7 Å². The number of anilines is 1. The smallest absolute Gasteiger partial charge is 0.314 e. The lowest BCUT2D eigenvalue weighted by Gasteiger charge is -2.30. The Bertz CT molecular complexity index is 624. The number of rotatable bonds is 5. The molecule has 1 aliphatic heterocycles. The van der Waals surface area contributed by atoms with E-state index in [1.165, 1.54) is 4.90 Å². The number of amides is 2. The third-order valence-corrected chi connectivity index (χ3v) is 4.03. The molecule has 2 amide bonds. The summed E-state index contributed by atoms with van der Waals surface area (Å²) in [5, 5.41) is 2.60. The van der Waals surface area contributed by atoms with Crippen molar-refractivity contribution in [2.24, 2.45) is 5.92 Å². The molecular weight excluding hydrogens is 324 g/mol. The topological polar surface area (TPSA) is 84.9 Å². The summed E-state index contributed by atoms with van der Waals surface area (Å²) in [7, 11) is 0. The lowest BCUT2D eigenvalue weighted by atomic mass is 9.97. The van der Waals surface area contributed by atoms with E-state index in [4.69, 9.17) is 9.47 Å². The third-order valence-electron chi connectivity index (χ3n) is 4.03. The van der Waals surface area contributed by atoms with Gasteiger partial charge < -0.3 is 19.7 Å². The highest BCUT2D eigenvalue weighted by Gasteiger charge is 2.31. The molecule has 0 aromatic heterocycles. The molecule has 0 atom stereocenters. The van der Waals surface area contributed by atoms with Crippen LogP contribution >= 0.6 is 0 Å². The van der Waals surface area contributed by atoms with Gasteiger partial charge in [0.15, 0.2) is 0 Å². The van der Waals surface area contributed by atoms with Gasteiger partial charge in [-0.25, -0.2) is 0 Å². The predicted molar refractivity (Wildman–Crippen MR) is 92.2 cm³/mol. The van der Waals surface area contributed by atoms with E-state index >= 15 is 0 Å². The Kier molecular flexibility index (Phi) is 6.80. The molecule has 0 radical (unpaired) electrons. The first-order chi connectivity index (χ1) is 12.1. The zero-order valence-corrected chi connectivity index (χ0v) is 14.6. The van der Waals surface area contributed by atoms with Crippen molar-refractivity contribution >= 4 is 23.5 Å². The molecule has 7 heteroatoms. The summed E-state index contributed by atoms with van der Waals surface area (Å²) < 4.78 is 10.4. The fourth-order valence-electron chi connectivity index (χ4n) is 2.75. The fourth-order valence-corrected chi connectivity index (χ4v) is 2.75. The molecule has 7 nitrogen and oxygen atoms in total. The van der Waals surface area contributed by atoms with Crippen LogP contribution in [0, 0.1) is 5.92 Å². The van der Waals surface area contributed by atoms with Gasteiger partial charge in [-0.3, -0.25) is 14.4 Å². The van der Waals surface area contributed by atoms with Gasteiger partial charge >= 0.3 is 17.8 Å². The molecule has 0 spiro atoms. The van der Waals surface area contributed by atoms with E-state index in [1.807, 2.05) is 6.92 Å². The average Bonchev–Trinajstić information content (AvgIpc) is 2.63. The predicted octanol–water partition coefficient (Wildman–Crippen LogP) is 1.83. The first kappa shape index (κ1) is 18.8. The Balaban J connectivity index is 1.91. The molecule has 0 unspecified atom stereocenters. The molecule has 0 aliphatic carbocycles. The Morgan fingerprint density at radius 3 is 2.44 bits per heavy atom. The SMILES string of the molecule is CCOC(=O)C1CCN(C(=O)C(=O)Nc2ccccc2OCC)CC1. The lowest BCUT2D eigenvalue weighted by molar-refractivity contribution is -0.152. The molecule has 1 aromatic rings. The van der Waals surface area contributed by atoms with Gasteiger partial charge in [0.25, 0.3) is 0 Å². The fraction of sp³-hybridized carbons (Fsp3) is 0.500. The molecule has 0 saturated carbocycles. The van der Waals surface area contributed by atoms with E-state index in [1.54, 1.807) is 31.2 Å². The third kappa shape index (κ3) is 4.95. The second-order valence-corrected chi connectivity index (χ2v) is 5.70. The molecule has 1 N–H and O–H groups in total.